The Balaban J connectivity index is 1.01. The first-order valence-electron chi connectivity index (χ1n) is 21.8. The van der Waals surface area contributed by atoms with Crippen LogP contribution < -0.4 is 4.74 Å². The van der Waals surface area contributed by atoms with Crippen LogP contribution >= 0.6 is 0 Å². The second-order valence-corrected chi connectivity index (χ2v) is 16.7. The molecule has 3 heterocycles. The van der Waals surface area contributed by atoms with Crippen LogP contribution in [0.5, 0.6) is 11.5 Å². The summed E-state index contributed by atoms with van der Waals surface area (Å²) in [5.74, 6) is 2.47. The van der Waals surface area contributed by atoms with E-state index in [1.807, 2.05) is 36.4 Å². The molecule has 0 saturated heterocycles. The van der Waals surface area contributed by atoms with Crippen LogP contribution in [0.15, 0.2) is 224 Å². The largest absolute Gasteiger partial charge is 0.457 e. The zero-order valence-electron chi connectivity index (χ0n) is 34.6. The van der Waals surface area contributed by atoms with Gasteiger partial charge >= 0.3 is 0 Å². The summed E-state index contributed by atoms with van der Waals surface area (Å²) in [5, 5.41) is 3.39. The third-order valence-electron chi connectivity index (χ3n) is 13.1. The van der Waals surface area contributed by atoms with Crippen LogP contribution in [0.25, 0.3) is 89.1 Å². The number of para-hydroxylation sites is 2. The van der Waals surface area contributed by atoms with E-state index in [1.54, 1.807) is 0 Å². The Labute approximate surface area is 370 Å². The minimum absolute atomic E-state index is 0.580. The Morgan fingerprint density at radius 2 is 0.844 bits per heavy atom. The molecule has 298 valence electrons. The number of nitrogens with zero attached hydrogens (tertiary/aromatic N) is 3. The highest BCUT2D eigenvalue weighted by molar-refractivity contribution is 6.14. The van der Waals surface area contributed by atoms with Gasteiger partial charge in [0.2, 0.25) is 0 Å². The monoisotopic (exact) mass is 815 g/mol. The number of hydrogen-bond acceptors (Lipinski definition) is 4. The summed E-state index contributed by atoms with van der Waals surface area (Å²) in [4.78, 5) is 15.5. The van der Waals surface area contributed by atoms with Crippen molar-refractivity contribution in [3.05, 3.63) is 247 Å². The highest BCUT2D eigenvalue weighted by atomic mass is 16.5. The molecule has 0 unspecified atom stereocenters. The standard InChI is InChI=1S/C60H37N3O/c1-4-16-39(17-5-1)54-37-55(63-59(62-54)42-20-8-3-9-21-42)40-30-28-38(29-31-40)43-32-33-53-47(34-43)45-36-52-46(35-48(45)58(61-53)41-18-6-2-7-19-41)44-22-10-11-23-49(44)60(52)50-24-12-14-26-56(50)64-57-27-15-13-25-51(57)60/h1-37H. The zero-order chi connectivity index (χ0) is 42.2. The highest BCUT2D eigenvalue weighted by Gasteiger charge is 2.51. The quantitative estimate of drug-likeness (QED) is 0.162. The van der Waals surface area contributed by atoms with Crippen LogP contribution in [0.1, 0.15) is 22.3 Å². The van der Waals surface area contributed by atoms with Crippen LogP contribution in [0, 0.1) is 0 Å². The number of aromatic nitrogens is 3. The van der Waals surface area contributed by atoms with Gasteiger partial charge in [-0.2, -0.15) is 0 Å². The molecule has 0 atom stereocenters. The molecule has 4 nitrogen and oxygen atoms in total. The second-order valence-electron chi connectivity index (χ2n) is 16.7. The molecule has 0 radical (unpaired) electrons. The summed E-state index contributed by atoms with van der Waals surface area (Å²) in [6.07, 6.45) is 0. The number of fused-ring (bicyclic) bond motifs is 12. The van der Waals surface area contributed by atoms with Gasteiger partial charge in [-0.25, -0.2) is 15.0 Å². The maximum atomic E-state index is 6.67. The van der Waals surface area contributed by atoms with Gasteiger partial charge in [0.05, 0.1) is 28.0 Å². The van der Waals surface area contributed by atoms with Gasteiger partial charge in [-0.05, 0) is 81.2 Å². The molecule has 2 aromatic heterocycles. The average molecular weight is 816 g/mol. The van der Waals surface area contributed by atoms with Crippen molar-refractivity contribution in [1.82, 2.24) is 15.0 Å². The Bertz CT molecular complexity index is 3520. The van der Waals surface area contributed by atoms with Gasteiger partial charge in [-0.3, -0.25) is 0 Å². The lowest BCUT2D eigenvalue weighted by Crippen LogP contribution is -2.32. The Morgan fingerprint density at radius 3 is 1.52 bits per heavy atom. The lowest BCUT2D eigenvalue weighted by atomic mass is 9.66. The van der Waals surface area contributed by atoms with E-state index in [9.17, 15) is 0 Å². The molecule has 13 rings (SSSR count). The van der Waals surface area contributed by atoms with Crippen molar-refractivity contribution in [2.45, 2.75) is 5.41 Å². The van der Waals surface area contributed by atoms with E-state index in [-0.39, 0.29) is 0 Å². The van der Waals surface area contributed by atoms with Crippen LogP contribution in [0.2, 0.25) is 0 Å². The Hall–Kier alpha value is -8.47. The van der Waals surface area contributed by atoms with E-state index in [0.29, 0.717) is 5.82 Å². The van der Waals surface area contributed by atoms with E-state index in [1.165, 1.54) is 22.3 Å². The minimum atomic E-state index is -0.580. The van der Waals surface area contributed by atoms with Crippen LogP contribution in [0.3, 0.4) is 0 Å². The number of hydrogen-bond donors (Lipinski definition) is 0. The van der Waals surface area contributed by atoms with Gasteiger partial charge in [0.1, 0.15) is 11.5 Å². The maximum absolute atomic E-state index is 6.67. The van der Waals surface area contributed by atoms with Crippen molar-refractivity contribution >= 4 is 21.7 Å². The number of rotatable bonds is 5. The minimum Gasteiger partial charge on any atom is -0.457 e. The molecule has 64 heavy (non-hydrogen) atoms. The summed E-state index contributed by atoms with van der Waals surface area (Å²) >= 11 is 0. The van der Waals surface area contributed by atoms with Gasteiger partial charge in [0, 0.05) is 44.2 Å². The zero-order valence-corrected chi connectivity index (χ0v) is 34.6. The predicted octanol–water partition coefficient (Wildman–Crippen LogP) is 15.0. The second kappa shape index (κ2) is 14.3. The van der Waals surface area contributed by atoms with E-state index in [0.717, 1.165) is 94.8 Å². The summed E-state index contributed by atoms with van der Waals surface area (Å²) in [6.45, 7) is 0. The van der Waals surface area contributed by atoms with E-state index >= 15 is 0 Å². The molecule has 4 heteroatoms. The van der Waals surface area contributed by atoms with Gasteiger partial charge < -0.3 is 4.74 Å². The van der Waals surface area contributed by atoms with Crippen molar-refractivity contribution in [2.24, 2.45) is 0 Å². The molecule has 1 spiro atoms. The van der Waals surface area contributed by atoms with Crippen molar-refractivity contribution < 1.29 is 4.74 Å². The molecular formula is C60H37N3O. The molecule has 11 aromatic rings. The van der Waals surface area contributed by atoms with Crippen LogP contribution in [-0.2, 0) is 5.41 Å². The van der Waals surface area contributed by atoms with Gasteiger partial charge in [-0.15, -0.1) is 0 Å². The van der Waals surface area contributed by atoms with Crippen LogP contribution in [-0.4, -0.2) is 15.0 Å². The molecule has 0 N–H and O–H groups in total. The fourth-order valence-corrected chi connectivity index (χ4v) is 10.2. The number of ether oxygens (including phenoxy) is 1. The average Bonchev–Trinajstić information content (AvgIpc) is 3.65. The molecule has 0 saturated carbocycles. The maximum Gasteiger partial charge on any atom is 0.160 e. The normalized spacial score (nSPS) is 12.9. The topological polar surface area (TPSA) is 47.9 Å². The summed E-state index contributed by atoms with van der Waals surface area (Å²) < 4.78 is 6.67. The van der Waals surface area contributed by atoms with Crippen LogP contribution in [0.4, 0.5) is 0 Å². The Morgan fingerprint density at radius 1 is 0.312 bits per heavy atom. The van der Waals surface area contributed by atoms with E-state index in [2.05, 4.69) is 188 Å². The lowest BCUT2D eigenvalue weighted by molar-refractivity contribution is 0.436. The van der Waals surface area contributed by atoms with Gasteiger partial charge in [0.25, 0.3) is 0 Å². The summed E-state index contributed by atoms with van der Waals surface area (Å²) in [7, 11) is 0. The Kier molecular flexibility index (Phi) is 8.09. The van der Waals surface area contributed by atoms with E-state index in [4.69, 9.17) is 19.7 Å². The third-order valence-corrected chi connectivity index (χ3v) is 13.1. The highest BCUT2D eigenvalue weighted by Crippen LogP contribution is 2.62. The third kappa shape index (κ3) is 5.52. The smallest absolute Gasteiger partial charge is 0.160 e. The molecule has 0 bridgehead atoms. The molecular weight excluding hydrogens is 779 g/mol. The number of benzene rings is 9. The van der Waals surface area contributed by atoms with Gasteiger partial charge in [0.15, 0.2) is 5.82 Å². The van der Waals surface area contributed by atoms with Gasteiger partial charge in [-0.1, -0.05) is 182 Å². The molecule has 9 aromatic carbocycles. The fraction of sp³-hybridized carbons (Fsp3) is 0.0167. The molecule has 1 aliphatic heterocycles. The summed E-state index contributed by atoms with van der Waals surface area (Å²) in [5.41, 5.74) is 16.8. The summed E-state index contributed by atoms with van der Waals surface area (Å²) in [6, 6.07) is 79.6. The number of pyridine rings is 1. The van der Waals surface area contributed by atoms with E-state index < -0.39 is 5.41 Å². The lowest BCUT2D eigenvalue weighted by Gasteiger charge is -2.39. The molecule has 0 fully saturated rings. The fourth-order valence-electron chi connectivity index (χ4n) is 10.2. The van der Waals surface area contributed by atoms with Crippen molar-refractivity contribution in [2.75, 3.05) is 0 Å². The SMILES string of the molecule is c1ccc(-c2cc(-c3ccc(-c4ccc5nc(-c6ccccc6)c6cc7c(cc6c5c4)C4(c5ccccc5Oc5ccccc54)c4ccccc4-7)cc3)nc(-c3ccccc3)n2)cc1. The van der Waals surface area contributed by atoms with Crippen molar-refractivity contribution in [3.63, 3.8) is 0 Å². The van der Waals surface area contributed by atoms with Crippen molar-refractivity contribution in [3.8, 4) is 78.9 Å². The molecule has 2 aliphatic rings. The molecule has 1 aliphatic carbocycles. The first kappa shape index (κ1) is 36.2. The van der Waals surface area contributed by atoms with Crippen molar-refractivity contribution in [1.29, 1.82) is 0 Å². The first-order chi connectivity index (χ1) is 31.7. The molecule has 0 amide bonds. The first-order valence-corrected chi connectivity index (χ1v) is 21.8. The predicted molar refractivity (Wildman–Crippen MR) is 259 cm³/mol.